The summed E-state index contributed by atoms with van der Waals surface area (Å²) in [5.74, 6) is -0.0561. The molecule has 19 heavy (non-hydrogen) atoms. The number of amides is 1. The molecule has 0 aliphatic heterocycles. The van der Waals surface area contributed by atoms with Gasteiger partial charge in [0.25, 0.3) is 0 Å². The first-order valence-corrected chi connectivity index (χ1v) is 7.20. The lowest BCUT2D eigenvalue weighted by molar-refractivity contribution is -0.125. The van der Waals surface area contributed by atoms with E-state index in [1.54, 1.807) is 11.9 Å². The maximum absolute atomic E-state index is 13.1. The minimum Gasteiger partial charge on any atom is -0.398 e. The van der Waals surface area contributed by atoms with Crippen LogP contribution in [-0.2, 0) is 4.79 Å². The Kier molecular flexibility index (Phi) is 4.47. The molecule has 3 nitrogen and oxygen atoms in total. The van der Waals surface area contributed by atoms with E-state index in [4.69, 9.17) is 5.73 Å². The van der Waals surface area contributed by atoms with Gasteiger partial charge in [0, 0.05) is 23.3 Å². The second-order valence-electron chi connectivity index (χ2n) is 4.51. The van der Waals surface area contributed by atoms with E-state index >= 15 is 0 Å². The number of nitrogens with zero attached hydrogens (tertiary/aromatic N) is 1. The number of anilines is 1. The number of hydrogen-bond donors (Lipinski definition) is 1. The maximum atomic E-state index is 13.1. The van der Waals surface area contributed by atoms with Crippen molar-refractivity contribution in [3.05, 3.63) is 35.8 Å². The molecule has 0 fully saturated rings. The van der Waals surface area contributed by atoms with Crippen molar-refractivity contribution < 1.29 is 9.18 Å². The van der Waals surface area contributed by atoms with E-state index in [2.05, 4.69) is 6.08 Å². The zero-order valence-electron chi connectivity index (χ0n) is 10.9. The fraction of sp³-hybridized carbons (Fsp3) is 0.357. The molecular formula is C14H17FN2OS. The monoisotopic (exact) mass is 280 g/mol. The number of benzene rings is 1. The Morgan fingerprint density at radius 2 is 2.32 bits per heavy atom. The van der Waals surface area contributed by atoms with Gasteiger partial charge in [-0.2, -0.15) is 0 Å². The molecule has 0 saturated carbocycles. The van der Waals surface area contributed by atoms with E-state index in [9.17, 15) is 9.18 Å². The van der Waals surface area contributed by atoms with E-state index in [0.29, 0.717) is 10.6 Å². The number of allylic oxidation sites excluding steroid dienone is 2. The highest BCUT2D eigenvalue weighted by atomic mass is 32.2. The molecule has 2 N–H and O–H groups in total. The quantitative estimate of drug-likeness (QED) is 0.681. The van der Waals surface area contributed by atoms with Gasteiger partial charge in [0.05, 0.1) is 5.75 Å². The third kappa shape index (κ3) is 3.50. The van der Waals surface area contributed by atoms with Crippen molar-refractivity contribution in [2.75, 3.05) is 18.5 Å². The molecule has 0 aromatic heterocycles. The van der Waals surface area contributed by atoms with Crippen LogP contribution in [-0.4, -0.2) is 23.6 Å². The molecule has 1 aliphatic carbocycles. The molecule has 0 heterocycles. The Morgan fingerprint density at radius 3 is 3.00 bits per heavy atom. The summed E-state index contributed by atoms with van der Waals surface area (Å²) in [7, 11) is 1.79. The summed E-state index contributed by atoms with van der Waals surface area (Å²) >= 11 is 1.27. The molecule has 5 heteroatoms. The van der Waals surface area contributed by atoms with Crippen LogP contribution in [0, 0.1) is 5.82 Å². The highest BCUT2D eigenvalue weighted by molar-refractivity contribution is 8.00. The molecule has 0 saturated heterocycles. The molecule has 102 valence electrons. The molecule has 0 atom stereocenters. The number of halogens is 1. The topological polar surface area (TPSA) is 46.3 Å². The lowest BCUT2D eigenvalue weighted by Crippen LogP contribution is -2.27. The van der Waals surface area contributed by atoms with Crippen LogP contribution in [0.3, 0.4) is 0 Å². The summed E-state index contributed by atoms with van der Waals surface area (Å²) in [4.78, 5) is 14.3. The minimum atomic E-state index is -0.337. The Balaban J connectivity index is 1.94. The molecule has 0 radical (unpaired) electrons. The summed E-state index contributed by atoms with van der Waals surface area (Å²) in [6.45, 7) is 0. The molecule has 1 aromatic carbocycles. The van der Waals surface area contributed by atoms with Crippen molar-refractivity contribution >= 4 is 23.4 Å². The average molecular weight is 280 g/mol. The van der Waals surface area contributed by atoms with Gasteiger partial charge in [0.15, 0.2) is 0 Å². The van der Waals surface area contributed by atoms with Gasteiger partial charge < -0.3 is 10.6 Å². The number of hydrogen-bond acceptors (Lipinski definition) is 3. The van der Waals surface area contributed by atoms with Crippen molar-refractivity contribution in [1.82, 2.24) is 4.90 Å². The Hall–Kier alpha value is -1.49. The number of thioether (sulfide) groups is 1. The van der Waals surface area contributed by atoms with Gasteiger partial charge in [0.1, 0.15) is 5.82 Å². The molecule has 1 aliphatic rings. The standard InChI is InChI=1S/C14H17FN2OS/c1-17(11-4-2-3-5-11)14(18)9-19-13-8-10(15)6-7-12(13)16/h4,6-8H,2-3,5,9,16H2,1H3. The van der Waals surface area contributed by atoms with Gasteiger partial charge in [-0.1, -0.05) is 6.08 Å². The van der Waals surface area contributed by atoms with Crippen LogP contribution in [0.4, 0.5) is 10.1 Å². The first-order valence-electron chi connectivity index (χ1n) is 6.21. The fourth-order valence-corrected chi connectivity index (χ4v) is 2.89. The van der Waals surface area contributed by atoms with Crippen LogP contribution in [0.25, 0.3) is 0 Å². The highest BCUT2D eigenvalue weighted by Crippen LogP contribution is 2.27. The molecule has 0 unspecified atom stereocenters. The van der Waals surface area contributed by atoms with Gasteiger partial charge in [-0.3, -0.25) is 4.79 Å². The third-order valence-corrected chi connectivity index (χ3v) is 4.20. The Morgan fingerprint density at radius 1 is 1.53 bits per heavy atom. The number of nitrogen functional groups attached to an aromatic ring is 1. The zero-order chi connectivity index (χ0) is 13.8. The highest BCUT2D eigenvalue weighted by Gasteiger charge is 2.16. The van der Waals surface area contributed by atoms with Crippen molar-refractivity contribution in [3.63, 3.8) is 0 Å². The normalized spacial score (nSPS) is 14.3. The summed E-state index contributed by atoms with van der Waals surface area (Å²) in [6.07, 6.45) is 5.20. The van der Waals surface area contributed by atoms with Crippen LogP contribution in [0.5, 0.6) is 0 Å². The number of rotatable bonds is 4. The second-order valence-corrected chi connectivity index (χ2v) is 5.53. The molecule has 2 rings (SSSR count). The summed E-state index contributed by atoms with van der Waals surface area (Å²) in [5, 5.41) is 0. The van der Waals surface area contributed by atoms with E-state index in [-0.39, 0.29) is 17.5 Å². The van der Waals surface area contributed by atoms with Gasteiger partial charge >= 0.3 is 0 Å². The summed E-state index contributed by atoms with van der Waals surface area (Å²) < 4.78 is 13.1. The van der Waals surface area contributed by atoms with E-state index in [0.717, 1.165) is 25.0 Å². The van der Waals surface area contributed by atoms with Crippen LogP contribution >= 0.6 is 11.8 Å². The van der Waals surface area contributed by atoms with Crippen molar-refractivity contribution in [3.8, 4) is 0 Å². The minimum absolute atomic E-state index is 0.0156. The predicted octanol–water partition coefficient (Wildman–Crippen LogP) is 3.03. The smallest absolute Gasteiger partial charge is 0.236 e. The molecule has 1 amide bonds. The number of carbonyl (C=O) groups is 1. The van der Waals surface area contributed by atoms with Crippen LogP contribution in [0.1, 0.15) is 19.3 Å². The number of nitrogens with two attached hydrogens (primary N) is 1. The van der Waals surface area contributed by atoms with Crippen molar-refractivity contribution in [1.29, 1.82) is 0 Å². The lowest BCUT2D eigenvalue weighted by Gasteiger charge is -2.18. The third-order valence-electron chi connectivity index (χ3n) is 3.15. The van der Waals surface area contributed by atoms with Crippen molar-refractivity contribution in [2.24, 2.45) is 0 Å². The Bertz CT molecular complexity index is 516. The van der Waals surface area contributed by atoms with E-state index in [1.807, 2.05) is 0 Å². The molecule has 0 bridgehead atoms. The maximum Gasteiger partial charge on any atom is 0.236 e. The number of carbonyl (C=O) groups excluding carboxylic acids is 1. The zero-order valence-corrected chi connectivity index (χ0v) is 11.7. The first-order chi connectivity index (χ1) is 9.08. The van der Waals surface area contributed by atoms with Crippen molar-refractivity contribution in [2.45, 2.75) is 24.2 Å². The van der Waals surface area contributed by atoms with Crippen LogP contribution in [0.15, 0.2) is 34.9 Å². The molecule has 1 aromatic rings. The average Bonchev–Trinajstić information content (AvgIpc) is 2.92. The SMILES string of the molecule is CN(C(=O)CSc1cc(F)ccc1N)C1=CCCC1. The second kappa shape index (κ2) is 6.10. The lowest BCUT2D eigenvalue weighted by atomic mass is 10.3. The largest absolute Gasteiger partial charge is 0.398 e. The van der Waals surface area contributed by atoms with Crippen LogP contribution < -0.4 is 5.73 Å². The van der Waals surface area contributed by atoms with Gasteiger partial charge in [0.2, 0.25) is 5.91 Å². The fourth-order valence-electron chi connectivity index (χ4n) is 1.99. The van der Waals surface area contributed by atoms with Gasteiger partial charge in [-0.15, -0.1) is 11.8 Å². The molecular weight excluding hydrogens is 263 g/mol. The predicted molar refractivity (Wildman–Crippen MR) is 76.2 cm³/mol. The first kappa shape index (κ1) is 13.9. The van der Waals surface area contributed by atoms with Gasteiger partial charge in [-0.05, 0) is 37.5 Å². The summed E-state index contributed by atoms with van der Waals surface area (Å²) in [5.41, 5.74) is 7.33. The van der Waals surface area contributed by atoms with E-state index in [1.165, 1.54) is 30.0 Å². The Labute approximate surface area is 116 Å². The summed E-state index contributed by atoms with van der Waals surface area (Å²) in [6, 6.07) is 4.20. The van der Waals surface area contributed by atoms with Gasteiger partial charge in [-0.25, -0.2) is 4.39 Å². The van der Waals surface area contributed by atoms with Crippen LogP contribution in [0.2, 0.25) is 0 Å². The van der Waals surface area contributed by atoms with E-state index < -0.39 is 0 Å². The molecule has 0 spiro atoms.